The summed E-state index contributed by atoms with van der Waals surface area (Å²) in [6.07, 6.45) is 4.29. The van der Waals surface area contributed by atoms with Gasteiger partial charge < -0.3 is 10.4 Å². The number of carbonyl (C=O) groups excluding carboxylic acids is 1. The van der Waals surface area contributed by atoms with Crippen LogP contribution < -0.4 is 5.32 Å². The molecule has 0 aliphatic heterocycles. The molecular formula is C10H12N2O3S. The van der Waals surface area contributed by atoms with Crippen molar-refractivity contribution in [2.24, 2.45) is 0 Å². The highest BCUT2D eigenvalue weighted by atomic mass is 32.1. The van der Waals surface area contributed by atoms with Crippen molar-refractivity contribution >= 4 is 29.3 Å². The SMILES string of the molecule is CC(=O)NCCC=Cc1nc(C(=O)O)cs1. The van der Waals surface area contributed by atoms with Crippen LogP contribution in [0.3, 0.4) is 0 Å². The van der Waals surface area contributed by atoms with Gasteiger partial charge in [0.15, 0.2) is 5.69 Å². The number of aromatic carboxylic acids is 1. The lowest BCUT2D eigenvalue weighted by Gasteiger charge is -1.95. The molecule has 0 saturated carbocycles. The normalized spacial score (nSPS) is 10.6. The third kappa shape index (κ3) is 4.22. The maximum absolute atomic E-state index is 10.5. The van der Waals surface area contributed by atoms with E-state index in [-0.39, 0.29) is 11.6 Å². The highest BCUT2D eigenvalue weighted by Crippen LogP contribution is 2.11. The fourth-order valence-electron chi connectivity index (χ4n) is 0.978. The van der Waals surface area contributed by atoms with E-state index in [2.05, 4.69) is 10.3 Å². The monoisotopic (exact) mass is 240 g/mol. The molecule has 1 aromatic heterocycles. The number of amides is 1. The minimum atomic E-state index is -1.02. The summed E-state index contributed by atoms with van der Waals surface area (Å²) in [5, 5.41) is 13.4. The summed E-state index contributed by atoms with van der Waals surface area (Å²) in [6, 6.07) is 0. The predicted octanol–water partition coefficient (Wildman–Crippen LogP) is 1.38. The van der Waals surface area contributed by atoms with Crippen molar-refractivity contribution in [2.75, 3.05) is 6.54 Å². The average Bonchev–Trinajstić information content (AvgIpc) is 2.65. The van der Waals surface area contributed by atoms with Gasteiger partial charge in [-0.15, -0.1) is 11.3 Å². The minimum Gasteiger partial charge on any atom is -0.476 e. The first kappa shape index (κ1) is 12.4. The minimum absolute atomic E-state index is 0.0594. The quantitative estimate of drug-likeness (QED) is 0.762. The van der Waals surface area contributed by atoms with E-state index in [0.717, 1.165) is 0 Å². The highest BCUT2D eigenvalue weighted by molar-refractivity contribution is 7.10. The molecule has 0 atom stereocenters. The van der Waals surface area contributed by atoms with Crippen molar-refractivity contribution < 1.29 is 14.7 Å². The first-order chi connectivity index (χ1) is 7.59. The van der Waals surface area contributed by atoms with Crippen LogP contribution in [-0.2, 0) is 4.79 Å². The predicted molar refractivity (Wildman–Crippen MR) is 61.4 cm³/mol. The summed E-state index contributed by atoms with van der Waals surface area (Å²) in [6.45, 7) is 2.03. The zero-order valence-corrected chi connectivity index (χ0v) is 9.58. The van der Waals surface area contributed by atoms with Gasteiger partial charge in [-0.1, -0.05) is 6.08 Å². The smallest absolute Gasteiger partial charge is 0.355 e. The van der Waals surface area contributed by atoms with Gasteiger partial charge in [-0.25, -0.2) is 9.78 Å². The molecule has 16 heavy (non-hydrogen) atoms. The van der Waals surface area contributed by atoms with Crippen molar-refractivity contribution in [1.29, 1.82) is 0 Å². The van der Waals surface area contributed by atoms with Gasteiger partial charge in [0.1, 0.15) is 5.01 Å². The van der Waals surface area contributed by atoms with Crippen LogP contribution in [0.15, 0.2) is 11.5 Å². The standard InChI is InChI=1S/C10H12N2O3S/c1-7(13)11-5-3-2-4-9-12-8(6-16-9)10(14)15/h2,4,6H,3,5H2,1H3,(H,11,13)(H,14,15). The van der Waals surface area contributed by atoms with Crippen LogP contribution in [0.5, 0.6) is 0 Å². The Balaban J connectivity index is 2.38. The number of hydrogen-bond acceptors (Lipinski definition) is 4. The average molecular weight is 240 g/mol. The van der Waals surface area contributed by atoms with Crippen LogP contribution in [0.2, 0.25) is 0 Å². The summed E-state index contributed by atoms with van der Waals surface area (Å²) in [5.41, 5.74) is 0.0616. The lowest BCUT2D eigenvalue weighted by atomic mass is 10.3. The van der Waals surface area contributed by atoms with E-state index >= 15 is 0 Å². The molecule has 0 spiro atoms. The Bertz CT molecular complexity index is 412. The molecule has 86 valence electrons. The highest BCUT2D eigenvalue weighted by Gasteiger charge is 2.05. The second-order valence-corrected chi connectivity index (χ2v) is 3.94. The topological polar surface area (TPSA) is 79.3 Å². The Hall–Kier alpha value is -1.69. The fraction of sp³-hybridized carbons (Fsp3) is 0.300. The number of rotatable bonds is 5. The van der Waals surface area contributed by atoms with Crippen LogP contribution >= 0.6 is 11.3 Å². The van der Waals surface area contributed by atoms with Gasteiger partial charge in [0.05, 0.1) is 0 Å². The Kier molecular flexibility index (Phi) is 4.65. The van der Waals surface area contributed by atoms with Gasteiger partial charge >= 0.3 is 5.97 Å². The van der Waals surface area contributed by atoms with Gasteiger partial charge in [0.25, 0.3) is 0 Å². The maximum Gasteiger partial charge on any atom is 0.355 e. The van der Waals surface area contributed by atoms with Crippen LogP contribution in [-0.4, -0.2) is 28.5 Å². The summed E-state index contributed by atoms with van der Waals surface area (Å²) in [4.78, 5) is 25.0. The molecule has 1 amide bonds. The summed E-state index contributed by atoms with van der Waals surface area (Å²) in [7, 11) is 0. The van der Waals surface area contributed by atoms with E-state index in [1.165, 1.54) is 23.6 Å². The van der Waals surface area contributed by atoms with Crippen molar-refractivity contribution in [1.82, 2.24) is 10.3 Å². The van der Waals surface area contributed by atoms with Gasteiger partial charge in [-0.05, 0) is 12.5 Å². The molecule has 0 saturated heterocycles. The van der Waals surface area contributed by atoms with Crippen LogP contribution in [0.1, 0.15) is 28.8 Å². The fourth-order valence-corrected chi connectivity index (χ4v) is 1.69. The zero-order chi connectivity index (χ0) is 12.0. The lowest BCUT2D eigenvalue weighted by Crippen LogP contribution is -2.20. The van der Waals surface area contributed by atoms with Gasteiger partial charge in [-0.2, -0.15) is 0 Å². The number of carboxylic acids is 1. The van der Waals surface area contributed by atoms with Crippen LogP contribution in [0, 0.1) is 0 Å². The molecule has 2 N–H and O–H groups in total. The molecule has 0 bridgehead atoms. The lowest BCUT2D eigenvalue weighted by molar-refractivity contribution is -0.118. The Morgan fingerprint density at radius 3 is 2.94 bits per heavy atom. The number of hydrogen-bond donors (Lipinski definition) is 2. The molecular weight excluding hydrogens is 228 g/mol. The number of aromatic nitrogens is 1. The van der Waals surface area contributed by atoms with E-state index in [0.29, 0.717) is 18.0 Å². The Morgan fingerprint density at radius 2 is 2.38 bits per heavy atom. The Morgan fingerprint density at radius 1 is 1.62 bits per heavy atom. The van der Waals surface area contributed by atoms with Crippen molar-refractivity contribution in [3.63, 3.8) is 0 Å². The van der Waals surface area contributed by atoms with E-state index in [4.69, 9.17) is 5.11 Å². The van der Waals surface area contributed by atoms with E-state index < -0.39 is 5.97 Å². The van der Waals surface area contributed by atoms with Crippen LogP contribution in [0.4, 0.5) is 0 Å². The van der Waals surface area contributed by atoms with Gasteiger partial charge in [-0.3, -0.25) is 4.79 Å². The molecule has 0 radical (unpaired) electrons. The number of thiazole rings is 1. The third-order valence-electron chi connectivity index (χ3n) is 1.69. The summed E-state index contributed by atoms with van der Waals surface area (Å²) >= 11 is 1.28. The molecule has 1 heterocycles. The molecule has 0 aromatic carbocycles. The molecule has 5 nitrogen and oxygen atoms in total. The van der Waals surface area contributed by atoms with Gasteiger partial charge in [0.2, 0.25) is 5.91 Å². The molecule has 0 fully saturated rings. The molecule has 0 aliphatic rings. The van der Waals surface area contributed by atoms with Crippen molar-refractivity contribution in [3.8, 4) is 0 Å². The maximum atomic E-state index is 10.5. The molecule has 0 aliphatic carbocycles. The first-order valence-corrected chi connectivity index (χ1v) is 5.57. The summed E-state index contributed by atoms with van der Waals surface area (Å²) in [5.74, 6) is -1.08. The zero-order valence-electron chi connectivity index (χ0n) is 8.77. The first-order valence-electron chi connectivity index (χ1n) is 4.69. The number of nitrogens with one attached hydrogen (secondary N) is 1. The van der Waals surface area contributed by atoms with Crippen molar-refractivity contribution in [2.45, 2.75) is 13.3 Å². The molecule has 1 aromatic rings. The third-order valence-corrected chi connectivity index (χ3v) is 2.50. The number of nitrogens with zero attached hydrogens (tertiary/aromatic N) is 1. The molecule has 0 unspecified atom stereocenters. The second-order valence-electron chi connectivity index (χ2n) is 3.05. The molecule has 6 heteroatoms. The Labute approximate surface area is 96.8 Å². The molecule has 1 rings (SSSR count). The van der Waals surface area contributed by atoms with E-state index in [9.17, 15) is 9.59 Å². The largest absolute Gasteiger partial charge is 0.476 e. The van der Waals surface area contributed by atoms with Crippen LogP contribution in [0.25, 0.3) is 6.08 Å². The van der Waals surface area contributed by atoms with Crippen molar-refractivity contribution in [3.05, 3.63) is 22.2 Å². The van der Waals surface area contributed by atoms with E-state index in [1.54, 1.807) is 6.08 Å². The number of carboxylic acid groups (broad SMARTS) is 1. The van der Waals surface area contributed by atoms with Gasteiger partial charge in [0, 0.05) is 18.8 Å². The second kappa shape index (κ2) is 6.02. The summed E-state index contributed by atoms with van der Waals surface area (Å²) < 4.78 is 0. The number of carbonyl (C=O) groups is 2. The van der Waals surface area contributed by atoms with E-state index in [1.807, 2.05) is 6.08 Å².